The first-order chi connectivity index (χ1) is 8.20. The fraction of sp³-hybridized carbons (Fsp3) is 0.0833. The molecule has 0 radical (unpaired) electrons. The van der Waals surface area contributed by atoms with Gasteiger partial charge in [-0.05, 0) is 45.6 Å². The van der Waals surface area contributed by atoms with E-state index in [4.69, 9.17) is 11.0 Å². The van der Waals surface area contributed by atoms with Gasteiger partial charge in [-0.1, -0.05) is 0 Å². The van der Waals surface area contributed by atoms with Crippen LogP contribution in [0, 0.1) is 11.3 Å². The van der Waals surface area contributed by atoms with Crippen LogP contribution in [0.15, 0.2) is 34.1 Å². The van der Waals surface area contributed by atoms with Crippen molar-refractivity contribution in [2.75, 3.05) is 11.1 Å². The Morgan fingerprint density at radius 3 is 2.88 bits per heavy atom. The second kappa shape index (κ2) is 5.21. The Morgan fingerprint density at radius 2 is 2.24 bits per heavy atom. The first-order valence-electron chi connectivity index (χ1n) is 4.96. The zero-order valence-corrected chi connectivity index (χ0v) is 11.3. The van der Waals surface area contributed by atoms with Crippen molar-refractivity contribution >= 4 is 38.6 Å². The van der Waals surface area contributed by atoms with Crippen LogP contribution in [0.4, 0.5) is 11.4 Å². The molecule has 0 unspecified atom stereocenters. The van der Waals surface area contributed by atoms with Crippen LogP contribution in [0.25, 0.3) is 0 Å². The van der Waals surface area contributed by atoms with Gasteiger partial charge in [0.25, 0.3) is 0 Å². The first kappa shape index (κ1) is 12.0. The zero-order chi connectivity index (χ0) is 12.3. The van der Waals surface area contributed by atoms with Crippen LogP contribution in [0.2, 0.25) is 0 Å². The quantitative estimate of drug-likeness (QED) is 0.852. The van der Waals surface area contributed by atoms with E-state index in [1.54, 1.807) is 29.5 Å². The highest BCUT2D eigenvalue weighted by molar-refractivity contribution is 9.10. The molecule has 0 saturated heterocycles. The van der Waals surface area contributed by atoms with E-state index >= 15 is 0 Å². The Labute approximate surface area is 112 Å². The lowest BCUT2D eigenvalue weighted by Gasteiger charge is -2.08. The maximum Gasteiger partial charge on any atom is 0.0992 e. The molecule has 0 fully saturated rings. The molecule has 86 valence electrons. The largest absolute Gasteiger partial charge is 0.397 e. The number of halogens is 1. The molecule has 0 aliphatic rings. The SMILES string of the molecule is N#Cc1ccc(N)c(NCc2sccc2Br)c1. The van der Waals surface area contributed by atoms with E-state index in [2.05, 4.69) is 27.3 Å². The molecule has 0 bridgehead atoms. The Hall–Kier alpha value is -1.51. The van der Waals surface area contributed by atoms with Crippen LogP contribution < -0.4 is 11.1 Å². The summed E-state index contributed by atoms with van der Waals surface area (Å²) in [5.41, 5.74) is 7.89. The number of nitrogens with one attached hydrogen (secondary N) is 1. The molecular weight excluding hydrogens is 298 g/mol. The maximum atomic E-state index is 8.83. The summed E-state index contributed by atoms with van der Waals surface area (Å²) < 4.78 is 1.09. The second-order valence-corrected chi connectivity index (χ2v) is 5.31. The highest BCUT2D eigenvalue weighted by Gasteiger charge is 2.04. The van der Waals surface area contributed by atoms with Crippen LogP contribution in [-0.2, 0) is 6.54 Å². The molecule has 0 aliphatic heterocycles. The van der Waals surface area contributed by atoms with Crippen molar-refractivity contribution in [2.45, 2.75) is 6.54 Å². The summed E-state index contributed by atoms with van der Waals surface area (Å²) >= 11 is 5.14. The van der Waals surface area contributed by atoms with E-state index < -0.39 is 0 Å². The molecule has 3 N–H and O–H groups in total. The lowest BCUT2D eigenvalue weighted by atomic mass is 10.2. The highest BCUT2D eigenvalue weighted by atomic mass is 79.9. The van der Waals surface area contributed by atoms with Gasteiger partial charge < -0.3 is 11.1 Å². The first-order valence-corrected chi connectivity index (χ1v) is 6.63. The fourth-order valence-corrected chi connectivity index (χ4v) is 2.84. The molecule has 0 saturated carbocycles. The monoisotopic (exact) mass is 307 g/mol. The van der Waals surface area contributed by atoms with Crippen LogP contribution in [0.5, 0.6) is 0 Å². The molecular formula is C12H10BrN3S. The van der Waals surface area contributed by atoms with E-state index in [1.165, 1.54) is 4.88 Å². The third-order valence-corrected chi connectivity index (χ3v) is 4.24. The van der Waals surface area contributed by atoms with Gasteiger partial charge in [0.05, 0.1) is 29.6 Å². The number of benzene rings is 1. The molecule has 1 aromatic heterocycles. The smallest absolute Gasteiger partial charge is 0.0992 e. The van der Waals surface area contributed by atoms with E-state index in [-0.39, 0.29) is 0 Å². The van der Waals surface area contributed by atoms with E-state index in [9.17, 15) is 0 Å². The van der Waals surface area contributed by atoms with Gasteiger partial charge in [-0.15, -0.1) is 11.3 Å². The molecule has 3 nitrogen and oxygen atoms in total. The molecule has 1 aromatic carbocycles. The number of thiophene rings is 1. The summed E-state index contributed by atoms with van der Waals surface area (Å²) in [7, 11) is 0. The molecule has 2 rings (SSSR count). The number of nitriles is 1. The fourth-order valence-electron chi connectivity index (χ4n) is 1.41. The van der Waals surface area contributed by atoms with E-state index in [0.29, 0.717) is 17.8 Å². The van der Waals surface area contributed by atoms with Gasteiger partial charge in [-0.25, -0.2) is 0 Å². The molecule has 2 aromatic rings. The van der Waals surface area contributed by atoms with Crippen molar-refractivity contribution in [3.8, 4) is 6.07 Å². The van der Waals surface area contributed by atoms with Crippen molar-refractivity contribution in [3.63, 3.8) is 0 Å². The van der Waals surface area contributed by atoms with Crippen molar-refractivity contribution in [1.29, 1.82) is 5.26 Å². The molecule has 5 heteroatoms. The second-order valence-electron chi connectivity index (χ2n) is 3.46. The molecule has 0 aliphatic carbocycles. The zero-order valence-electron chi connectivity index (χ0n) is 8.90. The van der Waals surface area contributed by atoms with Gasteiger partial charge in [0.1, 0.15) is 0 Å². The van der Waals surface area contributed by atoms with Crippen LogP contribution in [0.3, 0.4) is 0 Å². The van der Waals surface area contributed by atoms with Crippen molar-refractivity contribution < 1.29 is 0 Å². The predicted octanol–water partition coefficient (Wildman–Crippen LogP) is 3.58. The standard InChI is InChI=1S/C12H10BrN3S/c13-9-3-4-17-12(9)7-16-11-5-8(6-14)1-2-10(11)15/h1-5,16H,7,15H2. The Kier molecular flexibility index (Phi) is 3.67. The minimum absolute atomic E-state index is 0.604. The number of nitrogens with zero attached hydrogens (tertiary/aromatic N) is 1. The normalized spacial score (nSPS) is 9.88. The van der Waals surface area contributed by atoms with Crippen molar-refractivity contribution in [2.24, 2.45) is 0 Å². The summed E-state index contributed by atoms with van der Waals surface area (Å²) in [6.07, 6.45) is 0. The predicted molar refractivity (Wildman–Crippen MR) is 74.9 cm³/mol. The highest BCUT2D eigenvalue weighted by Crippen LogP contribution is 2.25. The van der Waals surface area contributed by atoms with Gasteiger partial charge in [-0.3, -0.25) is 0 Å². The van der Waals surface area contributed by atoms with Gasteiger partial charge >= 0.3 is 0 Å². The lowest BCUT2D eigenvalue weighted by molar-refractivity contribution is 1.18. The number of nitrogen functional groups attached to an aromatic ring is 1. The molecule has 17 heavy (non-hydrogen) atoms. The number of nitrogens with two attached hydrogens (primary N) is 1. The van der Waals surface area contributed by atoms with Gasteiger partial charge in [0, 0.05) is 9.35 Å². The number of anilines is 2. The van der Waals surface area contributed by atoms with Gasteiger partial charge in [0.15, 0.2) is 0 Å². The molecule has 0 amide bonds. The average molecular weight is 308 g/mol. The summed E-state index contributed by atoms with van der Waals surface area (Å²) in [5.74, 6) is 0. The maximum absolute atomic E-state index is 8.83. The van der Waals surface area contributed by atoms with Crippen LogP contribution >= 0.6 is 27.3 Å². The Balaban J connectivity index is 2.14. The third kappa shape index (κ3) is 2.78. The van der Waals surface area contributed by atoms with Crippen LogP contribution in [-0.4, -0.2) is 0 Å². The Morgan fingerprint density at radius 1 is 1.41 bits per heavy atom. The Bertz CT molecular complexity index is 571. The van der Waals surface area contributed by atoms with Crippen molar-refractivity contribution in [3.05, 3.63) is 44.6 Å². The molecule has 0 atom stereocenters. The molecule has 1 heterocycles. The summed E-state index contributed by atoms with van der Waals surface area (Å²) in [6.45, 7) is 0.692. The number of rotatable bonds is 3. The topological polar surface area (TPSA) is 61.8 Å². The summed E-state index contributed by atoms with van der Waals surface area (Å²) in [4.78, 5) is 1.20. The van der Waals surface area contributed by atoms with Crippen LogP contribution in [0.1, 0.15) is 10.4 Å². The third-order valence-electron chi connectivity index (χ3n) is 2.31. The summed E-state index contributed by atoms with van der Waals surface area (Å²) in [5, 5.41) is 14.1. The minimum Gasteiger partial charge on any atom is -0.397 e. The van der Waals surface area contributed by atoms with Gasteiger partial charge in [0.2, 0.25) is 0 Å². The van der Waals surface area contributed by atoms with E-state index in [1.807, 2.05) is 11.4 Å². The van der Waals surface area contributed by atoms with Gasteiger partial charge in [-0.2, -0.15) is 5.26 Å². The summed E-state index contributed by atoms with van der Waals surface area (Å²) in [6, 6.07) is 9.32. The van der Waals surface area contributed by atoms with Crippen molar-refractivity contribution in [1.82, 2.24) is 0 Å². The minimum atomic E-state index is 0.604. The number of hydrogen-bond acceptors (Lipinski definition) is 4. The van der Waals surface area contributed by atoms with E-state index in [0.717, 1.165) is 10.2 Å². The lowest BCUT2D eigenvalue weighted by Crippen LogP contribution is -2.01. The average Bonchev–Trinajstić information content (AvgIpc) is 2.74. The molecule has 0 spiro atoms. The number of hydrogen-bond donors (Lipinski definition) is 2.